The van der Waals surface area contributed by atoms with Crippen LogP contribution in [0.5, 0.6) is 0 Å². The van der Waals surface area contributed by atoms with Crippen LogP contribution in [-0.4, -0.2) is 39.7 Å². The Morgan fingerprint density at radius 1 is 1.11 bits per heavy atom. The van der Waals surface area contributed by atoms with E-state index in [0.29, 0.717) is 17.4 Å². The maximum Gasteiger partial charge on any atom is 0.236 e. The second kappa shape index (κ2) is 8.89. The lowest BCUT2D eigenvalue weighted by atomic mass is 10.00. The van der Waals surface area contributed by atoms with Gasteiger partial charge in [-0.05, 0) is 29.0 Å². The van der Waals surface area contributed by atoms with Crippen molar-refractivity contribution in [2.45, 2.75) is 13.0 Å². The standard InChI is InChI=1S/C20H19N3O2S3/c24-18(22-20-21-16(11-28-20)17-6-3-9-27-17)12-26-13-19(25)23-8-7-14-4-1-2-5-15(14)10-23/h1-6,9,11H,7-8,10,12-13H2,(H,21,22,24). The molecule has 5 nitrogen and oxygen atoms in total. The van der Waals surface area contributed by atoms with Crippen LogP contribution in [0.2, 0.25) is 0 Å². The molecular formula is C20H19N3O2S3. The van der Waals surface area contributed by atoms with Gasteiger partial charge in [-0.15, -0.1) is 34.4 Å². The number of thiophene rings is 1. The molecule has 0 atom stereocenters. The molecule has 0 saturated heterocycles. The molecule has 3 heterocycles. The fourth-order valence-electron chi connectivity index (χ4n) is 3.05. The first-order chi connectivity index (χ1) is 13.7. The van der Waals surface area contributed by atoms with E-state index in [-0.39, 0.29) is 17.6 Å². The molecule has 0 radical (unpaired) electrons. The summed E-state index contributed by atoms with van der Waals surface area (Å²) in [5, 5.41) is 7.35. The molecule has 144 valence electrons. The van der Waals surface area contributed by atoms with Crippen LogP contribution in [0.1, 0.15) is 11.1 Å². The summed E-state index contributed by atoms with van der Waals surface area (Å²) in [4.78, 5) is 32.0. The molecule has 1 aromatic carbocycles. The topological polar surface area (TPSA) is 62.3 Å². The number of fused-ring (bicyclic) bond motifs is 1. The van der Waals surface area contributed by atoms with E-state index in [1.165, 1.54) is 34.2 Å². The minimum Gasteiger partial charge on any atom is -0.337 e. The van der Waals surface area contributed by atoms with Crippen molar-refractivity contribution in [1.29, 1.82) is 0 Å². The van der Waals surface area contributed by atoms with Crippen LogP contribution in [0.25, 0.3) is 10.6 Å². The number of nitrogens with zero attached hydrogens (tertiary/aromatic N) is 2. The Morgan fingerprint density at radius 2 is 1.96 bits per heavy atom. The van der Waals surface area contributed by atoms with Crippen molar-refractivity contribution >= 4 is 51.4 Å². The van der Waals surface area contributed by atoms with Gasteiger partial charge in [0.2, 0.25) is 11.8 Å². The second-order valence-electron chi connectivity index (χ2n) is 6.39. The number of amides is 2. The molecule has 2 amide bonds. The summed E-state index contributed by atoms with van der Waals surface area (Å²) in [7, 11) is 0. The zero-order valence-corrected chi connectivity index (χ0v) is 17.5. The second-order valence-corrected chi connectivity index (χ2v) is 9.18. The molecule has 0 aliphatic carbocycles. The maximum atomic E-state index is 12.4. The summed E-state index contributed by atoms with van der Waals surface area (Å²) in [6, 6.07) is 12.2. The molecule has 8 heteroatoms. The highest BCUT2D eigenvalue weighted by Gasteiger charge is 2.20. The number of carbonyl (C=O) groups is 2. The summed E-state index contributed by atoms with van der Waals surface area (Å²) in [5.74, 6) is 0.508. The average Bonchev–Trinajstić information content (AvgIpc) is 3.39. The van der Waals surface area contributed by atoms with Gasteiger partial charge in [-0.3, -0.25) is 9.59 Å². The number of benzene rings is 1. The SMILES string of the molecule is O=C(CSCC(=O)N1CCc2ccccc2C1)Nc1nc(-c2cccs2)cs1. The first-order valence-electron chi connectivity index (χ1n) is 8.90. The van der Waals surface area contributed by atoms with E-state index in [9.17, 15) is 9.59 Å². The van der Waals surface area contributed by atoms with E-state index in [1.54, 1.807) is 11.3 Å². The molecule has 0 saturated carbocycles. The third-order valence-electron chi connectivity index (χ3n) is 4.47. The van der Waals surface area contributed by atoms with Gasteiger partial charge in [-0.2, -0.15) is 0 Å². The summed E-state index contributed by atoms with van der Waals surface area (Å²) >= 11 is 4.37. The zero-order valence-electron chi connectivity index (χ0n) is 15.1. The van der Waals surface area contributed by atoms with Gasteiger partial charge in [0.25, 0.3) is 0 Å². The van der Waals surface area contributed by atoms with Crippen LogP contribution >= 0.6 is 34.4 Å². The molecule has 28 heavy (non-hydrogen) atoms. The van der Waals surface area contributed by atoms with Gasteiger partial charge in [-0.1, -0.05) is 30.3 Å². The van der Waals surface area contributed by atoms with Crippen molar-refractivity contribution < 1.29 is 9.59 Å². The summed E-state index contributed by atoms with van der Waals surface area (Å²) in [5.41, 5.74) is 3.42. The predicted molar refractivity (Wildman–Crippen MR) is 117 cm³/mol. The minimum absolute atomic E-state index is 0.0848. The van der Waals surface area contributed by atoms with Crippen molar-refractivity contribution in [3.63, 3.8) is 0 Å². The van der Waals surface area contributed by atoms with Crippen molar-refractivity contribution in [3.05, 3.63) is 58.3 Å². The average molecular weight is 430 g/mol. The fourth-order valence-corrected chi connectivity index (χ4v) is 5.26. The molecule has 3 aromatic rings. The molecule has 1 aliphatic heterocycles. The van der Waals surface area contributed by atoms with Gasteiger partial charge in [0.15, 0.2) is 5.13 Å². The maximum absolute atomic E-state index is 12.4. The molecule has 0 bridgehead atoms. The molecule has 2 aromatic heterocycles. The van der Waals surface area contributed by atoms with Crippen molar-refractivity contribution in [2.24, 2.45) is 0 Å². The lowest BCUT2D eigenvalue weighted by Crippen LogP contribution is -2.37. The van der Waals surface area contributed by atoms with Crippen molar-refractivity contribution in [1.82, 2.24) is 9.88 Å². The van der Waals surface area contributed by atoms with E-state index in [1.807, 2.05) is 39.9 Å². The van der Waals surface area contributed by atoms with Crippen LogP contribution in [-0.2, 0) is 22.6 Å². The third kappa shape index (κ3) is 4.63. The van der Waals surface area contributed by atoms with Crippen molar-refractivity contribution in [2.75, 3.05) is 23.4 Å². The van der Waals surface area contributed by atoms with Gasteiger partial charge in [0.05, 0.1) is 22.1 Å². The number of hydrogen-bond donors (Lipinski definition) is 1. The summed E-state index contributed by atoms with van der Waals surface area (Å²) in [6.45, 7) is 1.40. The Labute approximate surface area is 175 Å². The monoisotopic (exact) mass is 429 g/mol. The highest BCUT2D eigenvalue weighted by molar-refractivity contribution is 8.00. The number of rotatable bonds is 6. The van der Waals surface area contributed by atoms with Crippen molar-refractivity contribution in [3.8, 4) is 10.6 Å². The van der Waals surface area contributed by atoms with Gasteiger partial charge in [-0.25, -0.2) is 4.98 Å². The first kappa shape index (κ1) is 19.2. The number of thioether (sulfide) groups is 1. The largest absolute Gasteiger partial charge is 0.337 e. The van der Waals surface area contributed by atoms with E-state index < -0.39 is 0 Å². The van der Waals surface area contributed by atoms with Crippen LogP contribution in [0.4, 0.5) is 5.13 Å². The van der Waals surface area contributed by atoms with E-state index in [0.717, 1.165) is 23.5 Å². The Balaban J connectivity index is 1.22. The van der Waals surface area contributed by atoms with E-state index in [2.05, 4.69) is 22.4 Å². The van der Waals surface area contributed by atoms with Crippen LogP contribution in [0.3, 0.4) is 0 Å². The highest BCUT2D eigenvalue weighted by Crippen LogP contribution is 2.28. The molecule has 0 spiro atoms. The number of nitrogens with one attached hydrogen (secondary N) is 1. The lowest BCUT2D eigenvalue weighted by molar-refractivity contribution is -0.129. The van der Waals surface area contributed by atoms with Gasteiger partial charge < -0.3 is 10.2 Å². The predicted octanol–water partition coefficient (Wildman–Crippen LogP) is 4.13. The first-order valence-corrected chi connectivity index (χ1v) is 11.8. The summed E-state index contributed by atoms with van der Waals surface area (Å²) in [6.07, 6.45) is 0.893. The van der Waals surface area contributed by atoms with Gasteiger partial charge >= 0.3 is 0 Å². The Morgan fingerprint density at radius 3 is 2.79 bits per heavy atom. The fraction of sp³-hybridized carbons (Fsp3) is 0.250. The number of carbonyl (C=O) groups excluding carboxylic acids is 2. The highest BCUT2D eigenvalue weighted by atomic mass is 32.2. The minimum atomic E-state index is -0.131. The summed E-state index contributed by atoms with van der Waals surface area (Å²) < 4.78 is 0. The molecule has 0 unspecified atom stereocenters. The smallest absolute Gasteiger partial charge is 0.236 e. The number of aromatic nitrogens is 1. The van der Waals surface area contributed by atoms with Crippen LogP contribution < -0.4 is 5.32 Å². The quantitative estimate of drug-likeness (QED) is 0.640. The zero-order chi connectivity index (χ0) is 19.3. The molecule has 4 rings (SSSR count). The number of hydrogen-bond acceptors (Lipinski definition) is 6. The molecule has 0 fully saturated rings. The Bertz CT molecular complexity index is 969. The van der Waals surface area contributed by atoms with Gasteiger partial charge in [0.1, 0.15) is 0 Å². The van der Waals surface area contributed by atoms with Crippen LogP contribution in [0, 0.1) is 0 Å². The molecular weight excluding hydrogens is 410 g/mol. The van der Waals surface area contributed by atoms with E-state index >= 15 is 0 Å². The normalized spacial score (nSPS) is 13.2. The number of anilines is 1. The lowest BCUT2D eigenvalue weighted by Gasteiger charge is -2.28. The third-order valence-corrected chi connectivity index (χ3v) is 7.03. The van der Waals surface area contributed by atoms with Crippen LogP contribution in [0.15, 0.2) is 47.2 Å². The Hall–Kier alpha value is -2.16. The number of thiazole rings is 1. The Kier molecular flexibility index (Phi) is 6.09. The molecule has 1 N–H and O–H groups in total. The van der Waals surface area contributed by atoms with E-state index in [4.69, 9.17) is 0 Å². The molecule has 1 aliphatic rings. The van der Waals surface area contributed by atoms with Gasteiger partial charge in [0, 0.05) is 18.5 Å².